The van der Waals surface area contributed by atoms with Gasteiger partial charge in [0.05, 0.1) is 0 Å². The van der Waals surface area contributed by atoms with Crippen LogP contribution >= 0.6 is 0 Å². The van der Waals surface area contributed by atoms with E-state index in [0.29, 0.717) is 12.8 Å². The van der Waals surface area contributed by atoms with Crippen LogP contribution in [0.15, 0.2) is 61.2 Å². The molecule has 3 N–H and O–H groups in total. The van der Waals surface area contributed by atoms with Gasteiger partial charge in [0.2, 0.25) is 5.91 Å². The van der Waals surface area contributed by atoms with Gasteiger partial charge in [-0.1, -0.05) is 74.4 Å². The Hall–Kier alpha value is -3.61. The summed E-state index contributed by atoms with van der Waals surface area (Å²) in [7, 11) is 0. The number of carbonyl (C=O) groups excluding carboxylic acids is 2. The van der Waals surface area contributed by atoms with E-state index in [1.165, 1.54) is 0 Å². The van der Waals surface area contributed by atoms with Gasteiger partial charge in [0.25, 0.3) is 0 Å². The average molecular weight is 479 g/mol. The van der Waals surface area contributed by atoms with Crippen molar-refractivity contribution in [2.45, 2.75) is 63.5 Å². The second-order valence-electron chi connectivity index (χ2n) is 8.84. The lowest BCUT2D eigenvalue weighted by Crippen LogP contribution is -2.45. The molecule has 7 heteroatoms. The lowest BCUT2D eigenvalue weighted by molar-refractivity contribution is -0.142. The van der Waals surface area contributed by atoms with Crippen molar-refractivity contribution in [2.75, 3.05) is 6.61 Å². The summed E-state index contributed by atoms with van der Waals surface area (Å²) in [6.45, 7) is 5.81. The number of aliphatic carboxylic acids is 1. The highest BCUT2D eigenvalue weighted by atomic mass is 16.5. The van der Waals surface area contributed by atoms with E-state index in [1.807, 2.05) is 31.2 Å². The summed E-state index contributed by atoms with van der Waals surface area (Å²) in [5.41, 5.74) is 4.56. The molecule has 0 saturated heterocycles. The minimum atomic E-state index is -1.09. The van der Waals surface area contributed by atoms with E-state index in [9.17, 15) is 19.5 Å². The molecular formula is C28H34N2O5. The number of amides is 2. The second kappa shape index (κ2) is 12.7. The number of nitrogens with one attached hydrogen (secondary N) is 2. The minimum absolute atomic E-state index is 0.0118. The van der Waals surface area contributed by atoms with Crippen LogP contribution in [0.3, 0.4) is 0 Å². The maximum absolute atomic E-state index is 12.7. The Labute approximate surface area is 206 Å². The van der Waals surface area contributed by atoms with Crippen molar-refractivity contribution in [1.29, 1.82) is 0 Å². The molecule has 3 rings (SSSR count). The van der Waals surface area contributed by atoms with Crippen molar-refractivity contribution in [1.82, 2.24) is 10.6 Å². The van der Waals surface area contributed by atoms with Crippen molar-refractivity contribution in [3.05, 3.63) is 72.3 Å². The predicted molar refractivity (Wildman–Crippen MR) is 135 cm³/mol. The number of alkyl carbamates (subject to hydrolysis) is 1. The molecule has 0 aromatic heterocycles. The van der Waals surface area contributed by atoms with Gasteiger partial charge in [-0.2, -0.15) is 0 Å². The van der Waals surface area contributed by atoms with Crippen LogP contribution in [-0.4, -0.2) is 41.8 Å². The smallest absolute Gasteiger partial charge is 0.407 e. The number of hydrogen-bond acceptors (Lipinski definition) is 4. The van der Waals surface area contributed by atoms with Crippen molar-refractivity contribution < 1.29 is 24.2 Å². The Morgan fingerprint density at radius 3 is 2.23 bits per heavy atom. The Morgan fingerprint density at radius 1 is 1.03 bits per heavy atom. The fourth-order valence-electron chi connectivity index (χ4n) is 4.50. The third-order valence-electron chi connectivity index (χ3n) is 6.30. The molecule has 2 aromatic carbocycles. The van der Waals surface area contributed by atoms with E-state index in [-0.39, 0.29) is 25.4 Å². The van der Waals surface area contributed by atoms with Gasteiger partial charge in [0, 0.05) is 18.4 Å². The second-order valence-corrected chi connectivity index (χ2v) is 8.84. The summed E-state index contributed by atoms with van der Waals surface area (Å²) in [5, 5.41) is 14.7. The number of benzene rings is 2. The summed E-state index contributed by atoms with van der Waals surface area (Å²) in [5.74, 6) is -1.55. The summed E-state index contributed by atoms with van der Waals surface area (Å²) < 4.78 is 5.62. The Balaban J connectivity index is 1.59. The molecule has 0 aliphatic heterocycles. The maximum atomic E-state index is 12.7. The average Bonchev–Trinajstić information content (AvgIpc) is 3.17. The zero-order chi connectivity index (χ0) is 25.2. The Morgan fingerprint density at radius 2 is 1.66 bits per heavy atom. The summed E-state index contributed by atoms with van der Waals surface area (Å²) in [6.07, 6.45) is 4.09. The van der Waals surface area contributed by atoms with Gasteiger partial charge < -0.3 is 20.5 Å². The van der Waals surface area contributed by atoms with Crippen LogP contribution < -0.4 is 10.6 Å². The molecule has 2 amide bonds. The molecule has 0 saturated carbocycles. The third kappa shape index (κ3) is 6.94. The molecule has 0 spiro atoms. The summed E-state index contributed by atoms with van der Waals surface area (Å²) in [4.78, 5) is 36.6. The Bertz CT molecular complexity index is 1010. The van der Waals surface area contributed by atoms with Gasteiger partial charge in [-0.15, -0.1) is 6.58 Å². The molecule has 2 aromatic rings. The van der Waals surface area contributed by atoms with E-state index in [2.05, 4.69) is 41.5 Å². The highest BCUT2D eigenvalue weighted by Crippen LogP contribution is 2.44. The van der Waals surface area contributed by atoms with Gasteiger partial charge in [0.1, 0.15) is 12.6 Å². The first kappa shape index (κ1) is 26.0. The van der Waals surface area contributed by atoms with E-state index in [0.717, 1.165) is 35.1 Å². The maximum Gasteiger partial charge on any atom is 0.407 e. The van der Waals surface area contributed by atoms with Gasteiger partial charge in [-0.25, -0.2) is 9.59 Å². The standard InChI is InChI=1S/C28H34N2O5/c1-3-5-11-19(17-26(31)30-25(27(32)33)16-6-4-2)29-28(34)35-18-24-22-14-9-7-12-20(22)21-13-8-10-15-23(21)24/h4,7-10,12-15,19,24-25H,2-3,5-6,11,16-18H2,1H3,(H,29,34)(H,30,31)(H,32,33). The molecule has 35 heavy (non-hydrogen) atoms. The first-order chi connectivity index (χ1) is 16.9. The molecule has 2 atom stereocenters. The van der Waals surface area contributed by atoms with E-state index < -0.39 is 30.1 Å². The Kier molecular flexibility index (Phi) is 9.47. The topological polar surface area (TPSA) is 105 Å². The lowest BCUT2D eigenvalue weighted by Gasteiger charge is -2.21. The summed E-state index contributed by atoms with van der Waals surface area (Å²) in [6, 6.07) is 14.8. The van der Waals surface area contributed by atoms with Crippen LogP contribution in [-0.2, 0) is 14.3 Å². The number of carboxylic acid groups (broad SMARTS) is 1. The van der Waals surface area contributed by atoms with Gasteiger partial charge in [-0.3, -0.25) is 4.79 Å². The lowest BCUT2D eigenvalue weighted by atomic mass is 9.98. The van der Waals surface area contributed by atoms with Crippen LogP contribution in [0.1, 0.15) is 62.5 Å². The largest absolute Gasteiger partial charge is 0.480 e. The molecule has 1 aliphatic rings. The molecule has 0 fully saturated rings. The number of carboxylic acids is 1. The van der Waals surface area contributed by atoms with Crippen LogP contribution in [0, 0.1) is 0 Å². The molecule has 0 radical (unpaired) electrons. The number of allylic oxidation sites excluding steroid dienone is 1. The summed E-state index contributed by atoms with van der Waals surface area (Å²) >= 11 is 0. The van der Waals surface area contributed by atoms with Crippen LogP contribution in [0.2, 0.25) is 0 Å². The number of fused-ring (bicyclic) bond motifs is 3. The fraction of sp³-hybridized carbons (Fsp3) is 0.393. The predicted octanol–water partition coefficient (Wildman–Crippen LogP) is 5.01. The highest BCUT2D eigenvalue weighted by Gasteiger charge is 2.29. The molecular weight excluding hydrogens is 444 g/mol. The van der Waals surface area contributed by atoms with Crippen LogP contribution in [0.25, 0.3) is 11.1 Å². The molecule has 7 nitrogen and oxygen atoms in total. The molecule has 186 valence electrons. The van der Waals surface area contributed by atoms with E-state index in [4.69, 9.17) is 4.74 Å². The number of hydrogen-bond donors (Lipinski definition) is 3. The van der Waals surface area contributed by atoms with Crippen LogP contribution in [0.4, 0.5) is 4.79 Å². The molecule has 0 heterocycles. The van der Waals surface area contributed by atoms with Gasteiger partial charge in [-0.05, 0) is 41.5 Å². The number of rotatable bonds is 13. The zero-order valence-electron chi connectivity index (χ0n) is 20.2. The van der Waals surface area contributed by atoms with Crippen molar-refractivity contribution in [2.24, 2.45) is 0 Å². The molecule has 1 aliphatic carbocycles. The fourth-order valence-corrected chi connectivity index (χ4v) is 4.50. The third-order valence-corrected chi connectivity index (χ3v) is 6.30. The zero-order valence-corrected chi connectivity index (χ0v) is 20.2. The first-order valence-corrected chi connectivity index (χ1v) is 12.2. The van der Waals surface area contributed by atoms with Gasteiger partial charge in [0.15, 0.2) is 0 Å². The highest BCUT2D eigenvalue weighted by molar-refractivity contribution is 5.84. The van der Waals surface area contributed by atoms with E-state index in [1.54, 1.807) is 6.08 Å². The SMILES string of the molecule is C=CCCC(NC(=O)CC(CCCC)NC(=O)OCC1c2ccccc2-c2ccccc21)C(=O)O. The van der Waals surface area contributed by atoms with Crippen molar-refractivity contribution >= 4 is 18.0 Å². The van der Waals surface area contributed by atoms with E-state index >= 15 is 0 Å². The number of unbranched alkanes of at least 4 members (excludes halogenated alkanes) is 1. The number of ether oxygens (including phenoxy) is 1. The van der Waals surface area contributed by atoms with Crippen LogP contribution in [0.5, 0.6) is 0 Å². The van der Waals surface area contributed by atoms with Crippen molar-refractivity contribution in [3.8, 4) is 11.1 Å². The minimum Gasteiger partial charge on any atom is -0.480 e. The quantitative estimate of drug-likeness (QED) is 0.351. The normalized spacial score (nSPS) is 13.7. The monoisotopic (exact) mass is 478 g/mol. The molecule has 0 bridgehead atoms. The molecule has 2 unspecified atom stereocenters. The van der Waals surface area contributed by atoms with Crippen molar-refractivity contribution in [3.63, 3.8) is 0 Å². The van der Waals surface area contributed by atoms with Gasteiger partial charge >= 0.3 is 12.1 Å². The number of carbonyl (C=O) groups is 3. The first-order valence-electron chi connectivity index (χ1n) is 12.2.